The number of esters is 1. The maximum absolute atomic E-state index is 12.9. The fraction of sp³-hybridized carbons (Fsp3) is 0.519. The van der Waals surface area contributed by atoms with Crippen LogP contribution < -0.4 is 4.74 Å². The second-order valence-electron chi connectivity index (χ2n) is 9.31. The Morgan fingerprint density at radius 3 is 2.48 bits per heavy atom. The molecule has 0 bridgehead atoms. The van der Waals surface area contributed by atoms with E-state index in [4.69, 9.17) is 9.47 Å². The van der Waals surface area contributed by atoms with E-state index in [0.29, 0.717) is 5.92 Å². The summed E-state index contributed by atoms with van der Waals surface area (Å²) in [4.78, 5) is 29.6. The highest BCUT2D eigenvalue weighted by Gasteiger charge is 2.34. The predicted molar refractivity (Wildman–Crippen MR) is 127 cm³/mol. The highest BCUT2D eigenvalue weighted by molar-refractivity contribution is 5.99. The van der Waals surface area contributed by atoms with Gasteiger partial charge in [-0.1, -0.05) is 43.5 Å². The number of aromatic nitrogens is 1. The fourth-order valence-corrected chi connectivity index (χ4v) is 5.04. The van der Waals surface area contributed by atoms with Gasteiger partial charge in [-0.15, -0.1) is 0 Å². The van der Waals surface area contributed by atoms with E-state index in [2.05, 4.69) is 37.0 Å². The Hall–Kier alpha value is -2.89. The van der Waals surface area contributed by atoms with Crippen LogP contribution in [0.3, 0.4) is 0 Å². The molecule has 0 radical (unpaired) electrons. The molecule has 6 nitrogen and oxygen atoms in total. The van der Waals surface area contributed by atoms with Crippen molar-refractivity contribution in [1.82, 2.24) is 4.98 Å². The third kappa shape index (κ3) is 5.73. The van der Waals surface area contributed by atoms with Gasteiger partial charge in [0.15, 0.2) is 23.0 Å². The first-order valence-electron chi connectivity index (χ1n) is 11.8. The minimum Gasteiger partial charge on any atom is -0.503 e. The molecule has 0 aliphatic heterocycles. The monoisotopic (exact) mass is 453 g/mol. The number of aromatic hydroxyl groups is 1. The van der Waals surface area contributed by atoms with Crippen molar-refractivity contribution < 1.29 is 24.2 Å². The molecule has 33 heavy (non-hydrogen) atoms. The maximum atomic E-state index is 12.9. The Bertz CT molecular complexity index is 996. The molecule has 1 N–H and O–H groups in total. The Morgan fingerprint density at radius 1 is 1.15 bits per heavy atom. The molecular formula is C27H35NO5. The largest absolute Gasteiger partial charge is 0.503 e. The molecule has 2 aromatic rings. The van der Waals surface area contributed by atoms with E-state index < -0.39 is 17.7 Å². The molecule has 178 valence electrons. The number of aryl methyl sites for hydroxylation is 2. The van der Waals surface area contributed by atoms with Crippen molar-refractivity contribution in [3.8, 4) is 11.5 Å². The van der Waals surface area contributed by atoms with Gasteiger partial charge in [0, 0.05) is 24.6 Å². The smallest absolute Gasteiger partial charge is 0.309 e. The first-order valence-corrected chi connectivity index (χ1v) is 11.8. The van der Waals surface area contributed by atoms with Crippen LogP contribution in [-0.4, -0.2) is 35.1 Å². The van der Waals surface area contributed by atoms with Gasteiger partial charge in [-0.25, -0.2) is 4.98 Å². The van der Waals surface area contributed by atoms with Crippen LogP contribution >= 0.6 is 0 Å². The lowest BCUT2D eigenvalue weighted by atomic mass is 9.79. The lowest BCUT2D eigenvalue weighted by molar-refractivity contribution is -0.154. The van der Waals surface area contributed by atoms with Gasteiger partial charge in [-0.05, 0) is 50.7 Å². The van der Waals surface area contributed by atoms with Gasteiger partial charge in [0.2, 0.25) is 0 Å². The minimum absolute atomic E-state index is 0.0961. The summed E-state index contributed by atoms with van der Waals surface area (Å²) in [5.74, 6) is -1.03. The lowest BCUT2D eigenvalue weighted by Crippen LogP contribution is -2.30. The first kappa shape index (κ1) is 24.7. The van der Waals surface area contributed by atoms with Gasteiger partial charge >= 0.3 is 5.97 Å². The van der Waals surface area contributed by atoms with E-state index in [1.165, 1.54) is 48.9 Å². The van der Waals surface area contributed by atoms with Crippen molar-refractivity contribution in [1.29, 1.82) is 0 Å². The third-order valence-electron chi connectivity index (χ3n) is 6.77. The van der Waals surface area contributed by atoms with Crippen molar-refractivity contribution in [2.24, 2.45) is 11.8 Å². The Balaban J connectivity index is 1.72. The lowest BCUT2D eigenvalue weighted by Gasteiger charge is -2.31. The van der Waals surface area contributed by atoms with Crippen molar-refractivity contribution in [3.05, 3.63) is 52.8 Å². The summed E-state index contributed by atoms with van der Waals surface area (Å²) in [5.41, 5.74) is 3.58. The number of rotatable bonds is 9. The van der Waals surface area contributed by atoms with Crippen molar-refractivity contribution in [3.63, 3.8) is 0 Å². The molecular weight excluding hydrogens is 418 g/mol. The van der Waals surface area contributed by atoms with E-state index in [1.54, 1.807) is 6.92 Å². The van der Waals surface area contributed by atoms with Crippen LogP contribution in [-0.2, 0) is 9.53 Å². The zero-order valence-electron chi connectivity index (χ0n) is 20.3. The number of ketones is 1. The van der Waals surface area contributed by atoms with E-state index in [9.17, 15) is 14.7 Å². The Kier molecular flexibility index (Phi) is 8.11. The summed E-state index contributed by atoms with van der Waals surface area (Å²) in [6.07, 6.45) is 5.67. The maximum Gasteiger partial charge on any atom is 0.309 e. The van der Waals surface area contributed by atoms with E-state index >= 15 is 0 Å². The summed E-state index contributed by atoms with van der Waals surface area (Å²) in [6.45, 7) is 7.84. The minimum atomic E-state index is -0.657. The number of Topliss-reactive ketones (excluding diaryl/α,β-unsaturated/α-hetero) is 1. The van der Waals surface area contributed by atoms with Crippen molar-refractivity contribution in [2.45, 2.75) is 71.8 Å². The Morgan fingerprint density at radius 2 is 1.85 bits per heavy atom. The predicted octanol–water partition coefficient (Wildman–Crippen LogP) is 5.53. The van der Waals surface area contributed by atoms with Crippen LogP contribution in [0, 0.1) is 25.7 Å². The van der Waals surface area contributed by atoms with Crippen LogP contribution in [0.1, 0.15) is 79.0 Å². The van der Waals surface area contributed by atoms with Crippen molar-refractivity contribution >= 4 is 11.8 Å². The third-order valence-corrected chi connectivity index (χ3v) is 6.77. The summed E-state index contributed by atoms with van der Waals surface area (Å²) in [6, 6.07) is 7.94. The molecule has 0 spiro atoms. The molecule has 0 amide bonds. The Labute approximate surface area is 196 Å². The molecule has 0 saturated heterocycles. The van der Waals surface area contributed by atoms with E-state index in [0.717, 1.165) is 12.8 Å². The van der Waals surface area contributed by atoms with Gasteiger partial charge in [0.25, 0.3) is 0 Å². The molecule has 1 heterocycles. The van der Waals surface area contributed by atoms with Crippen LogP contribution in [0.2, 0.25) is 0 Å². The van der Waals surface area contributed by atoms with Gasteiger partial charge in [-0.3, -0.25) is 9.59 Å². The van der Waals surface area contributed by atoms with Crippen LogP contribution in [0.15, 0.2) is 30.5 Å². The molecule has 6 heteroatoms. The number of hydrogen-bond acceptors (Lipinski definition) is 6. The molecule has 1 aliphatic rings. The van der Waals surface area contributed by atoms with E-state index in [1.807, 2.05) is 6.92 Å². The summed E-state index contributed by atoms with van der Waals surface area (Å²) in [5, 5.41) is 10.2. The average Bonchev–Trinajstić information content (AvgIpc) is 3.29. The molecule has 0 unspecified atom stereocenters. The number of carbonyl (C=O) groups is 2. The van der Waals surface area contributed by atoms with E-state index in [-0.39, 0.29) is 35.6 Å². The van der Waals surface area contributed by atoms with Gasteiger partial charge < -0.3 is 14.6 Å². The quantitative estimate of drug-likeness (QED) is 0.397. The molecule has 1 fully saturated rings. The van der Waals surface area contributed by atoms with Gasteiger partial charge in [-0.2, -0.15) is 0 Å². The highest BCUT2D eigenvalue weighted by Crippen LogP contribution is 2.41. The fourth-order valence-electron chi connectivity index (χ4n) is 5.04. The number of hydrogen-bond donors (Lipinski definition) is 1. The second-order valence-corrected chi connectivity index (χ2v) is 9.31. The summed E-state index contributed by atoms with van der Waals surface area (Å²) in [7, 11) is 1.40. The molecule has 3 rings (SSSR count). The molecule has 1 aromatic carbocycles. The van der Waals surface area contributed by atoms with Crippen LogP contribution in [0.25, 0.3) is 0 Å². The average molecular weight is 454 g/mol. The second kappa shape index (κ2) is 10.8. The number of carbonyl (C=O) groups excluding carboxylic acids is 2. The number of benzene rings is 1. The van der Waals surface area contributed by atoms with Crippen LogP contribution in [0.4, 0.5) is 0 Å². The normalized spacial score (nSPS) is 16.8. The molecule has 1 aromatic heterocycles. The summed E-state index contributed by atoms with van der Waals surface area (Å²) < 4.78 is 11.0. The number of pyridine rings is 1. The molecule has 1 saturated carbocycles. The van der Waals surface area contributed by atoms with Crippen LogP contribution in [0.5, 0.6) is 11.5 Å². The first-order chi connectivity index (χ1) is 15.7. The highest BCUT2D eigenvalue weighted by atomic mass is 16.5. The zero-order chi connectivity index (χ0) is 24.1. The summed E-state index contributed by atoms with van der Waals surface area (Å²) >= 11 is 0. The standard InChI is InChI=1S/C27H35NO5/c1-16-10-11-21(17(2)14-16)24(20-8-6-7-9-20)19(4)33-27(31)18(3)15-22(29)25-26(30)23(32-5)12-13-28-25/h10-14,18-20,24,30H,6-9,15H2,1-5H3/t18-,19+,24-/m1/s1. The number of methoxy groups -OCH3 is 1. The zero-order valence-corrected chi connectivity index (χ0v) is 20.3. The molecule has 3 atom stereocenters. The van der Waals surface area contributed by atoms with Crippen molar-refractivity contribution in [2.75, 3.05) is 7.11 Å². The number of ether oxygens (including phenoxy) is 2. The SMILES string of the molecule is COc1ccnc(C(=O)C[C@@H](C)C(=O)O[C@@H](C)[C@@H](c2ccc(C)cc2C)C2CCCC2)c1O. The van der Waals surface area contributed by atoms with Gasteiger partial charge in [0.1, 0.15) is 6.10 Å². The topological polar surface area (TPSA) is 85.7 Å². The molecule has 1 aliphatic carbocycles. The number of nitrogens with zero attached hydrogens (tertiary/aromatic N) is 1. The van der Waals surface area contributed by atoms with Gasteiger partial charge in [0.05, 0.1) is 13.0 Å².